The van der Waals surface area contributed by atoms with Crippen LogP contribution in [-0.4, -0.2) is 13.7 Å². The van der Waals surface area contributed by atoms with Crippen molar-refractivity contribution in [1.29, 1.82) is 0 Å². The monoisotopic (exact) mass is 206 g/mol. The number of hydrogen-bond acceptors (Lipinski definition) is 3. The van der Waals surface area contributed by atoms with Crippen LogP contribution in [0.1, 0.15) is 20.8 Å². The van der Waals surface area contributed by atoms with Crippen molar-refractivity contribution in [3.63, 3.8) is 0 Å². The molecular weight excluding hydrogens is 188 g/mol. The molecule has 0 aliphatic heterocycles. The maximum Gasteiger partial charge on any atom is 0.230 e. The summed E-state index contributed by atoms with van der Waals surface area (Å²) in [4.78, 5) is 1.83. The topological polar surface area (TPSA) is 72.2 Å². The number of rotatable bonds is 5. The highest BCUT2D eigenvalue weighted by Crippen LogP contribution is 2.20. The first-order chi connectivity index (χ1) is 5.86. The first-order valence-corrected chi connectivity index (χ1v) is 5.75. The highest BCUT2D eigenvalue weighted by atomic mass is 32.2. The van der Waals surface area contributed by atoms with Crippen molar-refractivity contribution >= 4 is 10.0 Å². The van der Waals surface area contributed by atoms with Gasteiger partial charge < -0.3 is 0 Å². The van der Waals surface area contributed by atoms with Gasteiger partial charge in [-0.05, 0) is 11.8 Å². The van der Waals surface area contributed by atoms with Gasteiger partial charge in [0.25, 0.3) is 0 Å². The summed E-state index contributed by atoms with van der Waals surface area (Å²) in [5, 5.41) is -0.627. The Morgan fingerprint density at radius 1 is 1.38 bits per heavy atom. The molecule has 2 atom stereocenters. The second kappa shape index (κ2) is 4.74. The minimum Gasteiger partial charge on any atom is -0.258 e. The van der Waals surface area contributed by atoms with Gasteiger partial charge in [0.05, 0.1) is 5.25 Å². The lowest BCUT2D eigenvalue weighted by Crippen LogP contribution is -2.41. The lowest BCUT2D eigenvalue weighted by atomic mass is 9.94. The van der Waals surface area contributed by atoms with Crippen molar-refractivity contribution in [3.05, 3.63) is 12.7 Å². The fraction of sp³-hybridized carbons (Fsp3) is 0.750. The Bertz CT molecular complexity index is 259. The molecule has 0 spiro atoms. The Balaban J connectivity index is 4.81. The lowest BCUT2D eigenvalue weighted by molar-refractivity contribution is 0.416. The Morgan fingerprint density at radius 3 is 2.08 bits per heavy atom. The predicted molar refractivity (Wildman–Crippen MR) is 54.2 cm³/mol. The molecule has 0 aliphatic carbocycles. The van der Waals surface area contributed by atoms with E-state index in [1.54, 1.807) is 0 Å². The van der Waals surface area contributed by atoms with Crippen LogP contribution in [0.15, 0.2) is 12.7 Å². The van der Waals surface area contributed by atoms with Gasteiger partial charge in [-0.15, -0.1) is 6.58 Å². The highest BCUT2D eigenvalue weighted by Gasteiger charge is 2.28. The summed E-state index contributed by atoms with van der Waals surface area (Å²) in [6.07, 6.45) is 1.42. The zero-order chi connectivity index (χ0) is 10.6. The summed E-state index contributed by atoms with van der Waals surface area (Å²) in [6, 6.07) is 0. The van der Waals surface area contributed by atoms with Crippen LogP contribution in [0.2, 0.25) is 0 Å². The number of sulfonamides is 1. The Hall–Kier alpha value is -0.390. The molecule has 0 aromatic rings. The summed E-state index contributed by atoms with van der Waals surface area (Å²) >= 11 is 0. The minimum atomic E-state index is -3.44. The van der Waals surface area contributed by atoms with Crippen LogP contribution >= 0.6 is 0 Å². The zero-order valence-electron chi connectivity index (χ0n) is 8.32. The van der Waals surface area contributed by atoms with Crippen molar-refractivity contribution in [2.45, 2.75) is 26.0 Å². The summed E-state index contributed by atoms with van der Waals surface area (Å²) in [5.41, 5.74) is 0. The van der Waals surface area contributed by atoms with E-state index in [4.69, 9.17) is 5.84 Å². The van der Waals surface area contributed by atoms with Gasteiger partial charge in [-0.2, -0.15) is 4.83 Å². The smallest absolute Gasteiger partial charge is 0.230 e. The van der Waals surface area contributed by atoms with Crippen molar-refractivity contribution in [3.8, 4) is 0 Å². The van der Waals surface area contributed by atoms with Gasteiger partial charge >= 0.3 is 0 Å². The Morgan fingerprint density at radius 2 is 1.85 bits per heavy atom. The van der Waals surface area contributed by atoms with E-state index in [1.807, 2.05) is 25.6 Å². The van der Waals surface area contributed by atoms with Crippen LogP contribution in [0.3, 0.4) is 0 Å². The van der Waals surface area contributed by atoms with Crippen molar-refractivity contribution in [1.82, 2.24) is 4.83 Å². The first-order valence-electron chi connectivity index (χ1n) is 4.20. The summed E-state index contributed by atoms with van der Waals surface area (Å²) < 4.78 is 22.7. The van der Waals surface area contributed by atoms with Gasteiger partial charge in [-0.25, -0.2) is 8.42 Å². The largest absolute Gasteiger partial charge is 0.258 e. The third-order valence-corrected chi connectivity index (χ3v) is 3.99. The third-order valence-electron chi connectivity index (χ3n) is 2.32. The quantitative estimate of drug-likeness (QED) is 0.393. The molecule has 5 heteroatoms. The molecule has 0 bridgehead atoms. The van der Waals surface area contributed by atoms with Crippen LogP contribution in [-0.2, 0) is 10.0 Å². The molecule has 0 aromatic heterocycles. The first kappa shape index (κ1) is 12.6. The third kappa shape index (κ3) is 3.10. The molecule has 0 heterocycles. The second-order valence-corrected chi connectivity index (χ2v) is 5.34. The van der Waals surface area contributed by atoms with Gasteiger partial charge in [0.1, 0.15) is 0 Å². The van der Waals surface area contributed by atoms with E-state index >= 15 is 0 Å². The molecule has 3 N–H and O–H groups in total. The molecule has 0 fully saturated rings. The van der Waals surface area contributed by atoms with Crippen LogP contribution in [0.5, 0.6) is 0 Å². The molecule has 0 radical (unpaired) electrons. The van der Waals surface area contributed by atoms with Gasteiger partial charge in [0.2, 0.25) is 10.0 Å². The van der Waals surface area contributed by atoms with Crippen LogP contribution in [0.4, 0.5) is 0 Å². The van der Waals surface area contributed by atoms with Crippen LogP contribution in [0, 0.1) is 11.8 Å². The maximum absolute atomic E-state index is 11.4. The number of hydrogen-bond donors (Lipinski definition) is 2. The van der Waals surface area contributed by atoms with E-state index < -0.39 is 15.3 Å². The average molecular weight is 206 g/mol. The Labute approximate surface area is 80.2 Å². The van der Waals surface area contributed by atoms with Gasteiger partial charge in [0.15, 0.2) is 0 Å². The van der Waals surface area contributed by atoms with E-state index in [0.29, 0.717) is 0 Å². The molecular formula is C8H18N2O2S. The van der Waals surface area contributed by atoms with Crippen LogP contribution < -0.4 is 10.7 Å². The molecule has 0 aliphatic rings. The summed E-state index contributed by atoms with van der Waals surface area (Å²) in [7, 11) is -3.44. The molecule has 1 unspecified atom stereocenters. The molecule has 0 amide bonds. The normalized spacial score (nSPS) is 17.0. The Kier molecular flexibility index (Phi) is 4.60. The van der Waals surface area contributed by atoms with Crippen LogP contribution in [0.25, 0.3) is 0 Å². The second-order valence-electron chi connectivity index (χ2n) is 3.47. The fourth-order valence-electron chi connectivity index (χ4n) is 1.08. The predicted octanol–water partition coefficient (Wildman–Crippen LogP) is 0.626. The van der Waals surface area contributed by atoms with E-state index in [0.717, 1.165) is 0 Å². The molecule has 13 heavy (non-hydrogen) atoms. The molecule has 0 saturated carbocycles. The molecule has 4 nitrogen and oxygen atoms in total. The standard InChI is InChI=1S/C8H18N2O2S/c1-5-8(7(4)6(2)3)13(11,12)10-9/h5-8,10H,1,9H2,2-4H3/t7-,8?/m0/s1. The molecule has 0 aromatic carbocycles. The van der Waals surface area contributed by atoms with Gasteiger partial charge in [-0.1, -0.05) is 26.8 Å². The van der Waals surface area contributed by atoms with Crippen molar-refractivity contribution in [2.24, 2.45) is 17.7 Å². The van der Waals surface area contributed by atoms with E-state index in [1.165, 1.54) is 6.08 Å². The SMILES string of the molecule is C=CC([C@@H](C)C(C)C)S(=O)(=O)NN. The van der Waals surface area contributed by atoms with E-state index in [2.05, 4.69) is 6.58 Å². The van der Waals surface area contributed by atoms with E-state index in [9.17, 15) is 8.42 Å². The van der Waals surface area contributed by atoms with Gasteiger partial charge in [0, 0.05) is 0 Å². The van der Waals surface area contributed by atoms with Crippen molar-refractivity contribution < 1.29 is 8.42 Å². The maximum atomic E-state index is 11.4. The molecule has 78 valence electrons. The lowest BCUT2D eigenvalue weighted by Gasteiger charge is -2.23. The molecule has 0 rings (SSSR count). The molecule has 0 saturated heterocycles. The minimum absolute atomic E-state index is 0.00134. The summed E-state index contributed by atoms with van der Waals surface area (Å²) in [6.45, 7) is 9.30. The van der Waals surface area contributed by atoms with E-state index in [-0.39, 0.29) is 11.8 Å². The number of hydrazine groups is 1. The number of nitrogens with two attached hydrogens (primary N) is 1. The fourth-order valence-corrected chi connectivity index (χ4v) is 2.37. The highest BCUT2D eigenvalue weighted by molar-refractivity contribution is 7.90. The van der Waals surface area contributed by atoms with Crippen molar-refractivity contribution in [2.75, 3.05) is 0 Å². The number of nitrogens with one attached hydrogen (secondary N) is 1. The van der Waals surface area contributed by atoms with Gasteiger partial charge in [-0.3, -0.25) is 5.84 Å². The summed E-state index contributed by atoms with van der Waals surface area (Å²) in [5.74, 6) is 5.20. The zero-order valence-corrected chi connectivity index (χ0v) is 9.14. The average Bonchev–Trinajstić information content (AvgIpc) is 2.05.